The maximum Gasteiger partial charge on any atom is 0.193 e. The van der Waals surface area contributed by atoms with E-state index in [1.807, 2.05) is 56.7 Å². The van der Waals surface area contributed by atoms with Crippen LogP contribution in [0.4, 0.5) is 5.69 Å². The molecule has 1 aliphatic rings. The standard InChI is InChI=1S/C29H32BrN5O/c1-20-9-10-25(16-32-20)34-13-5-6-23(17-34)28(22-11-12-31-21(2)14-22)33-15-24-18-35(19-30)27-8-4-3-7-26(27)29(24)36/h3-4,7-12,14,16,18,23,28,33H,5-6,13,15,17,19H2,1-2H3/t23-,28?/m0/s1. The van der Waals surface area contributed by atoms with Gasteiger partial charge in [-0.05, 0) is 74.6 Å². The zero-order chi connectivity index (χ0) is 25.1. The molecule has 1 aromatic carbocycles. The first kappa shape index (κ1) is 24.7. The molecule has 2 atom stereocenters. The second-order valence-corrected chi connectivity index (χ2v) is 10.2. The van der Waals surface area contributed by atoms with Gasteiger partial charge in [0.25, 0.3) is 0 Å². The maximum absolute atomic E-state index is 13.3. The SMILES string of the molecule is Cc1ccc(N2CCC[C@H](C(NCc3cn(CBr)c4ccccc4c3=O)c3ccnc(C)c3)C2)cn1. The third-order valence-electron chi connectivity index (χ3n) is 7.17. The highest BCUT2D eigenvalue weighted by molar-refractivity contribution is 9.08. The highest BCUT2D eigenvalue weighted by atomic mass is 79.9. The van der Waals surface area contributed by atoms with Crippen molar-refractivity contribution in [3.8, 4) is 0 Å². The van der Waals surface area contributed by atoms with E-state index in [4.69, 9.17) is 0 Å². The molecule has 0 radical (unpaired) electrons. The van der Waals surface area contributed by atoms with Gasteiger partial charge in [0.1, 0.15) is 0 Å². The van der Waals surface area contributed by atoms with Crippen LogP contribution in [0.3, 0.4) is 0 Å². The molecule has 1 N–H and O–H groups in total. The lowest BCUT2D eigenvalue weighted by molar-refractivity contribution is 0.307. The Labute approximate surface area is 220 Å². The summed E-state index contributed by atoms with van der Waals surface area (Å²) < 4.78 is 2.09. The number of pyridine rings is 3. The summed E-state index contributed by atoms with van der Waals surface area (Å²) in [5.74, 6) is 0.390. The third-order valence-corrected chi connectivity index (χ3v) is 7.71. The van der Waals surface area contributed by atoms with Crippen LogP contribution in [0.25, 0.3) is 10.9 Å². The topological polar surface area (TPSA) is 63.0 Å². The van der Waals surface area contributed by atoms with Crippen molar-refractivity contribution >= 4 is 32.5 Å². The molecule has 3 aromatic heterocycles. The number of anilines is 1. The summed E-state index contributed by atoms with van der Waals surface area (Å²) >= 11 is 3.58. The number of hydrogen-bond acceptors (Lipinski definition) is 5. The number of aryl methyl sites for hydroxylation is 2. The first-order chi connectivity index (χ1) is 17.5. The minimum Gasteiger partial charge on any atom is -0.370 e. The molecule has 1 aliphatic heterocycles. The first-order valence-electron chi connectivity index (χ1n) is 12.5. The lowest BCUT2D eigenvalue weighted by Crippen LogP contribution is -2.42. The van der Waals surface area contributed by atoms with Crippen molar-refractivity contribution in [2.24, 2.45) is 5.92 Å². The van der Waals surface area contributed by atoms with Gasteiger partial charge in [-0.25, -0.2) is 0 Å². The van der Waals surface area contributed by atoms with E-state index in [2.05, 4.69) is 64.9 Å². The molecule has 0 saturated carbocycles. The van der Waals surface area contributed by atoms with E-state index in [0.29, 0.717) is 17.9 Å². The van der Waals surface area contributed by atoms with Gasteiger partial charge in [0.05, 0.1) is 22.9 Å². The summed E-state index contributed by atoms with van der Waals surface area (Å²) in [5, 5.41) is 4.54. The number of nitrogens with one attached hydrogen (secondary N) is 1. The summed E-state index contributed by atoms with van der Waals surface area (Å²) in [7, 11) is 0. The van der Waals surface area contributed by atoms with Gasteiger partial charge in [0.15, 0.2) is 5.43 Å². The fourth-order valence-corrected chi connectivity index (χ4v) is 5.75. The van der Waals surface area contributed by atoms with E-state index >= 15 is 0 Å². The van der Waals surface area contributed by atoms with Gasteiger partial charge < -0.3 is 14.8 Å². The Bertz CT molecular complexity index is 1400. The van der Waals surface area contributed by atoms with Crippen molar-refractivity contribution in [3.63, 3.8) is 0 Å². The molecule has 7 heteroatoms. The van der Waals surface area contributed by atoms with Gasteiger partial charge in [-0.2, -0.15) is 0 Å². The highest BCUT2D eigenvalue weighted by Crippen LogP contribution is 2.32. The Morgan fingerprint density at radius 2 is 1.97 bits per heavy atom. The minimum atomic E-state index is 0.0935. The summed E-state index contributed by atoms with van der Waals surface area (Å²) in [6, 6.07) is 16.4. The minimum absolute atomic E-state index is 0.0935. The van der Waals surface area contributed by atoms with Gasteiger partial charge in [0, 0.05) is 60.4 Å². The van der Waals surface area contributed by atoms with Crippen LogP contribution in [0.15, 0.2) is 71.9 Å². The predicted octanol–water partition coefficient (Wildman–Crippen LogP) is 5.51. The van der Waals surface area contributed by atoms with Crippen LogP contribution < -0.4 is 15.6 Å². The predicted molar refractivity (Wildman–Crippen MR) is 150 cm³/mol. The van der Waals surface area contributed by atoms with Gasteiger partial charge in [-0.3, -0.25) is 14.8 Å². The molecule has 1 fully saturated rings. The van der Waals surface area contributed by atoms with Crippen molar-refractivity contribution in [1.82, 2.24) is 19.9 Å². The van der Waals surface area contributed by atoms with Crippen LogP contribution in [0, 0.1) is 19.8 Å². The van der Waals surface area contributed by atoms with E-state index in [1.165, 1.54) is 11.3 Å². The number of alkyl halides is 1. The fourth-order valence-electron chi connectivity index (χ4n) is 5.33. The number of piperidine rings is 1. The number of hydrogen-bond donors (Lipinski definition) is 1. The largest absolute Gasteiger partial charge is 0.370 e. The molecule has 5 rings (SSSR count). The second-order valence-electron chi connectivity index (χ2n) is 9.69. The van der Waals surface area contributed by atoms with Crippen molar-refractivity contribution < 1.29 is 0 Å². The van der Waals surface area contributed by atoms with Crippen molar-refractivity contribution in [1.29, 1.82) is 0 Å². The van der Waals surface area contributed by atoms with Crippen LogP contribution >= 0.6 is 15.9 Å². The Hall–Kier alpha value is -3.03. The van der Waals surface area contributed by atoms with Crippen LogP contribution in [0.1, 0.15) is 41.4 Å². The number of fused-ring (bicyclic) bond motifs is 1. The molecule has 0 amide bonds. The molecule has 0 aliphatic carbocycles. The molecule has 0 bridgehead atoms. The summed E-state index contributed by atoms with van der Waals surface area (Å²) in [6.45, 7) is 6.52. The van der Waals surface area contributed by atoms with E-state index in [0.717, 1.165) is 53.8 Å². The second kappa shape index (κ2) is 10.9. The number of benzene rings is 1. The van der Waals surface area contributed by atoms with Crippen molar-refractivity contribution in [2.75, 3.05) is 18.0 Å². The lowest BCUT2D eigenvalue weighted by atomic mass is 9.86. The molecule has 36 heavy (non-hydrogen) atoms. The van der Waals surface area contributed by atoms with Crippen LogP contribution in [0.5, 0.6) is 0 Å². The summed E-state index contributed by atoms with van der Waals surface area (Å²) in [4.78, 5) is 24.7. The molecular formula is C29H32BrN5O. The number of nitrogens with zero attached hydrogens (tertiary/aromatic N) is 4. The summed E-state index contributed by atoms with van der Waals surface area (Å²) in [5.41, 5.74) is 6.87. The van der Waals surface area contributed by atoms with E-state index in [1.54, 1.807) is 0 Å². The van der Waals surface area contributed by atoms with Gasteiger partial charge in [0.2, 0.25) is 0 Å². The molecular weight excluding hydrogens is 514 g/mol. The third kappa shape index (κ3) is 5.22. The molecule has 6 nitrogen and oxygen atoms in total. The fraction of sp³-hybridized carbons (Fsp3) is 0.345. The Balaban J connectivity index is 1.44. The summed E-state index contributed by atoms with van der Waals surface area (Å²) in [6.07, 6.45) is 8.09. The zero-order valence-electron chi connectivity index (χ0n) is 20.8. The smallest absolute Gasteiger partial charge is 0.193 e. The Kier molecular flexibility index (Phi) is 7.48. The van der Waals surface area contributed by atoms with E-state index < -0.39 is 0 Å². The van der Waals surface area contributed by atoms with E-state index in [-0.39, 0.29) is 11.5 Å². The number of halogens is 1. The molecule has 186 valence electrons. The van der Waals surface area contributed by atoms with Crippen molar-refractivity contribution in [2.45, 2.75) is 44.7 Å². The normalized spacial score (nSPS) is 16.9. The highest BCUT2D eigenvalue weighted by Gasteiger charge is 2.29. The Morgan fingerprint density at radius 1 is 1.11 bits per heavy atom. The number of para-hydroxylation sites is 1. The van der Waals surface area contributed by atoms with Gasteiger partial charge in [-0.1, -0.05) is 28.1 Å². The number of rotatable bonds is 7. The van der Waals surface area contributed by atoms with Gasteiger partial charge in [-0.15, -0.1) is 0 Å². The van der Waals surface area contributed by atoms with Crippen LogP contribution in [-0.2, 0) is 12.0 Å². The van der Waals surface area contributed by atoms with Crippen LogP contribution in [-0.4, -0.2) is 27.6 Å². The quantitative estimate of drug-likeness (QED) is 0.310. The van der Waals surface area contributed by atoms with Crippen LogP contribution in [0.2, 0.25) is 0 Å². The van der Waals surface area contributed by atoms with Crippen molar-refractivity contribution in [3.05, 3.63) is 99.9 Å². The molecule has 1 unspecified atom stereocenters. The van der Waals surface area contributed by atoms with E-state index in [9.17, 15) is 4.79 Å². The van der Waals surface area contributed by atoms with Gasteiger partial charge >= 0.3 is 0 Å². The maximum atomic E-state index is 13.3. The lowest BCUT2D eigenvalue weighted by Gasteiger charge is -2.39. The molecule has 4 heterocycles. The Morgan fingerprint density at radius 3 is 2.75 bits per heavy atom. The molecule has 0 spiro atoms. The first-order valence-corrected chi connectivity index (χ1v) is 13.7. The average molecular weight is 547 g/mol. The monoisotopic (exact) mass is 545 g/mol. The number of aromatic nitrogens is 3. The molecule has 1 saturated heterocycles. The zero-order valence-corrected chi connectivity index (χ0v) is 22.4. The molecule has 4 aromatic rings. The average Bonchev–Trinajstić information content (AvgIpc) is 2.91.